The number of nitro benzene ring substituents is 2. The molecule has 4 aromatic rings. The number of amides is 4. The zero-order chi connectivity index (χ0) is 39.7. The third-order valence-corrected chi connectivity index (χ3v) is 10.4. The van der Waals surface area contributed by atoms with Crippen LogP contribution in [0.1, 0.15) is 62.7 Å². The van der Waals surface area contributed by atoms with Gasteiger partial charge in [-0.15, -0.1) is 0 Å². The standard InChI is InChI=1S/C38H33N9O8S/c1-21(48)44-33(23-3-9-29(10-4-23)46(52)53)15-27(42-44)19-37(50)39-25-7-13-31-35(17-25)56-36-18-26(8-14-32(36)41-31)40-38(51)20-28-16-34(45(43-28)22(2)49)24-5-11-30(12-6-24)47(54)55/h3-14,17-18,33-34,41H,15-16,19-20H2,1-2H3,(H,39,50)(H,40,51). The van der Waals surface area contributed by atoms with E-state index in [9.17, 15) is 39.4 Å². The molecule has 3 heterocycles. The topological polar surface area (TPSA) is 222 Å². The molecule has 0 aromatic heterocycles. The van der Waals surface area contributed by atoms with Crippen LogP contribution in [0.2, 0.25) is 0 Å². The van der Waals surface area contributed by atoms with Crippen LogP contribution < -0.4 is 16.0 Å². The van der Waals surface area contributed by atoms with E-state index in [1.165, 1.54) is 59.9 Å². The molecule has 3 N–H and O–H groups in total. The van der Waals surface area contributed by atoms with Gasteiger partial charge in [-0.25, -0.2) is 10.0 Å². The summed E-state index contributed by atoms with van der Waals surface area (Å²) in [5, 5.41) is 42.7. The van der Waals surface area contributed by atoms with Crippen molar-refractivity contribution >= 4 is 80.9 Å². The van der Waals surface area contributed by atoms with E-state index >= 15 is 0 Å². The Labute approximate surface area is 323 Å². The lowest BCUT2D eigenvalue weighted by Crippen LogP contribution is -2.24. The van der Waals surface area contributed by atoms with Crippen molar-refractivity contribution in [2.45, 2.75) is 61.4 Å². The van der Waals surface area contributed by atoms with Gasteiger partial charge < -0.3 is 16.0 Å². The second-order valence-electron chi connectivity index (χ2n) is 13.3. The fourth-order valence-electron chi connectivity index (χ4n) is 6.71. The molecule has 0 saturated carbocycles. The number of rotatable bonds is 10. The van der Waals surface area contributed by atoms with Crippen LogP contribution >= 0.6 is 11.8 Å². The Morgan fingerprint density at radius 2 is 1.07 bits per heavy atom. The maximum atomic E-state index is 13.1. The molecule has 2 atom stereocenters. The second kappa shape index (κ2) is 15.4. The highest BCUT2D eigenvalue weighted by atomic mass is 32.2. The van der Waals surface area contributed by atoms with Crippen LogP contribution in [0, 0.1) is 20.2 Å². The third kappa shape index (κ3) is 8.09. The van der Waals surface area contributed by atoms with E-state index in [4.69, 9.17) is 0 Å². The highest BCUT2D eigenvalue weighted by molar-refractivity contribution is 7.99. The molecule has 17 nitrogen and oxygen atoms in total. The summed E-state index contributed by atoms with van der Waals surface area (Å²) in [6, 6.07) is 21.8. The van der Waals surface area contributed by atoms with Gasteiger partial charge in [-0.1, -0.05) is 36.0 Å². The molecule has 18 heteroatoms. The first kappa shape index (κ1) is 37.4. The Kier molecular flexibility index (Phi) is 10.3. The average Bonchev–Trinajstić information content (AvgIpc) is 3.79. The van der Waals surface area contributed by atoms with Gasteiger partial charge in [-0.2, -0.15) is 10.2 Å². The fraction of sp³-hybridized carbons (Fsp3) is 0.211. The molecule has 7 rings (SSSR count). The number of nitro groups is 2. The van der Waals surface area contributed by atoms with Crippen molar-refractivity contribution < 1.29 is 29.0 Å². The molecule has 2 unspecified atom stereocenters. The van der Waals surface area contributed by atoms with Crippen molar-refractivity contribution in [3.05, 3.63) is 116 Å². The number of anilines is 4. The Bertz CT molecular complexity index is 2200. The first-order valence-electron chi connectivity index (χ1n) is 17.3. The minimum Gasteiger partial charge on any atom is -0.354 e. The number of non-ortho nitro benzene ring substituents is 2. The van der Waals surface area contributed by atoms with E-state index in [0.717, 1.165) is 21.2 Å². The van der Waals surface area contributed by atoms with Gasteiger partial charge >= 0.3 is 0 Å². The number of benzene rings is 4. The molecule has 0 radical (unpaired) electrons. The molecule has 4 amide bonds. The first-order valence-corrected chi connectivity index (χ1v) is 18.2. The summed E-state index contributed by atoms with van der Waals surface area (Å²) in [6.45, 7) is 2.74. The lowest BCUT2D eigenvalue weighted by atomic mass is 10.00. The van der Waals surface area contributed by atoms with Gasteiger partial charge in [0.15, 0.2) is 0 Å². The monoisotopic (exact) mass is 775 g/mol. The van der Waals surface area contributed by atoms with Crippen molar-refractivity contribution in [3.8, 4) is 0 Å². The van der Waals surface area contributed by atoms with E-state index in [2.05, 4.69) is 26.2 Å². The van der Waals surface area contributed by atoms with E-state index in [1.54, 1.807) is 36.4 Å². The molecule has 0 bridgehead atoms. The normalized spacial score (nSPS) is 16.8. The molecule has 0 saturated heterocycles. The van der Waals surface area contributed by atoms with Gasteiger partial charge in [0.25, 0.3) is 11.4 Å². The van der Waals surface area contributed by atoms with E-state index < -0.39 is 21.9 Å². The summed E-state index contributed by atoms with van der Waals surface area (Å²) in [4.78, 5) is 73.8. The van der Waals surface area contributed by atoms with E-state index in [0.29, 0.717) is 46.8 Å². The van der Waals surface area contributed by atoms with Crippen molar-refractivity contribution in [2.75, 3.05) is 16.0 Å². The zero-order valence-electron chi connectivity index (χ0n) is 29.9. The molecule has 284 valence electrons. The average molecular weight is 776 g/mol. The van der Waals surface area contributed by atoms with Crippen LogP contribution in [0.5, 0.6) is 0 Å². The maximum Gasteiger partial charge on any atom is 0.269 e. The van der Waals surface area contributed by atoms with Crippen molar-refractivity contribution in [1.29, 1.82) is 0 Å². The summed E-state index contributed by atoms with van der Waals surface area (Å²) < 4.78 is 0. The van der Waals surface area contributed by atoms with Crippen LogP contribution in [-0.2, 0) is 19.2 Å². The molecular formula is C38H33N9O8S. The summed E-state index contributed by atoms with van der Waals surface area (Å²) in [5.41, 5.74) is 4.97. The molecule has 56 heavy (non-hydrogen) atoms. The van der Waals surface area contributed by atoms with Gasteiger partial charge in [0, 0.05) is 72.1 Å². The SMILES string of the molecule is CC(=O)N1N=C(CC(=O)Nc2ccc3c(c2)Sc2cc(NC(=O)CC4=NN(C(C)=O)C(c5ccc([N+](=O)[O-])cc5)C4)ccc2N3)CC1c1ccc([N+](=O)[O-])cc1. The van der Waals surface area contributed by atoms with Gasteiger partial charge in [0.2, 0.25) is 23.6 Å². The van der Waals surface area contributed by atoms with Crippen molar-refractivity contribution in [1.82, 2.24) is 10.0 Å². The van der Waals surface area contributed by atoms with Gasteiger partial charge in [0.05, 0.1) is 57.6 Å². The Balaban J connectivity index is 0.958. The van der Waals surface area contributed by atoms with E-state index in [1.807, 2.05) is 24.3 Å². The number of hydrazone groups is 2. The predicted octanol–water partition coefficient (Wildman–Crippen LogP) is 7.07. The molecule has 3 aliphatic heterocycles. The minimum atomic E-state index is -0.497. The zero-order valence-corrected chi connectivity index (χ0v) is 30.7. The van der Waals surface area contributed by atoms with Crippen LogP contribution in [0.4, 0.5) is 34.1 Å². The summed E-state index contributed by atoms with van der Waals surface area (Å²) in [5.74, 6) is -1.28. The van der Waals surface area contributed by atoms with Gasteiger partial charge in [0.1, 0.15) is 0 Å². The Morgan fingerprint density at radius 3 is 1.43 bits per heavy atom. The number of hydrogen-bond acceptors (Lipinski definition) is 12. The summed E-state index contributed by atoms with van der Waals surface area (Å²) in [6.07, 6.45) is 0.493. The van der Waals surface area contributed by atoms with Crippen LogP contribution in [0.25, 0.3) is 0 Å². The number of fused-ring (bicyclic) bond motifs is 2. The highest BCUT2D eigenvalue weighted by Crippen LogP contribution is 2.46. The summed E-state index contributed by atoms with van der Waals surface area (Å²) in [7, 11) is 0. The lowest BCUT2D eigenvalue weighted by molar-refractivity contribution is -0.385. The third-order valence-electron chi connectivity index (χ3n) is 9.32. The number of nitrogens with zero attached hydrogens (tertiary/aromatic N) is 6. The van der Waals surface area contributed by atoms with E-state index in [-0.39, 0.29) is 47.8 Å². The fourth-order valence-corrected chi connectivity index (χ4v) is 7.78. The number of nitrogens with one attached hydrogen (secondary N) is 3. The lowest BCUT2D eigenvalue weighted by Gasteiger charge is -2.22. The van der Waals surface area contributed by atoms with Gasteiger partial charge in [-0.3, -0.25) is 39.4 Å². The largest absolute Gasteiger partial charge is 0.354 e. The highest BCUT2D eigenvalue weighted by Gasteiger charge is 2.33. The second-order valence-corrected chi connectivity index (χ2v) is 14.4. The van der Waals surface area contributed by atoms with Crippen LogP contribution in [-0.4, -0.2) is 54.9 Å². The van der Waals surface area contributed by atoms with Crippen molar-refractivity contribution in [2.24, 2.45) is 10.2 Å². The maximum absolute atomic E-state index is 13.1. The Morgan fingerprint density at radius 1 is 0.679 bits per heavy atom. The first-order chi connectivity index (χ1) is 26.8. The number of hydrogen-bond donors (Lipinski definition) is 3. The molecule has 4 aromatic carbocycles. The smallest absolute Gasteiger partial charge is 0.269 e. The number of carbonyl (C=O) groups excluding carboxylic acids is 4. The van der Waals surface area contributed by atoms with Crippen LogP contribution in [0.3, 0.4) is 0 Å². The molecule has 0 fully saturated rings. The number of carbonyl (C=O) groups is 4. The summed E-state index contributed by atoms with van der Waals surface area (Å²) >= 11 is 1.45. The predicted molar refractivity (Wildman–Crippen MR) is 208 cm³/mol. The minimum absolute atomic E-state index is 0.0570. The van der Waals surface area contributed by atoms with Crippen molar-refractivity contribution in [3.63, 3.8) is 0 Å². The molecule has 0 aliphatic carbocycles. The molecule has 0 spiro atoms. The quantitative estimate of drug-likeness (QED) is 0.0967. The van der Waals surface area contributed by atoms with Crippen LogP contribution in [0.15, 0.2) is 105 Å². The van der Waals surface area contributed by atoms with Gasteiger partial charge in [-0.05, 0) is 47.5 Å². The molecule has 3 aliphatic rings. The molecular weight excluding hydrogens is 743 g/mol. The Hall–Kier alpha value is -6.95.